The van der Waals surface area contributed by atoms with Gasteiger partial charge in [-0.25, -0.2) is 16.8 Å². The molecule has 0 radical (unpaired) electrons. The Morgan fingerprint density at radius 3 is 2.26 bits per heavy atom. The number of hydrogen-bond donors (Lipinski definition) is 0. The summed E-state index contributed by atoms with van der Waals surface area (Å²) in [5, 5.41) is -0.507. The summed E-state index contributed by atoms with van der Waals surface area (Å²) in [5.41, 5.74) is 0.273. The van der Waals surface area contributed by atoms with Gasteiger partial charge in [-0.15, -0.1) is 0 Å². The molecule has 0 aliphatic heterocycles. The van der Waals surface area contributed by atoms with Crippen molar-refractivity contribution in [2.75, 3.05) is 6.61 Å². The third-order valence-electron chi connectivity index (χ3n) is 5.25. The number of hydrogen-bond acceptors (Lipinski definition) is 9. The van der Waals surface area contributed by atoms with Gasteiger partial charge >= 0.3 is 40.9 Å². The Bertz CT molecular complexity index is 1730. The average molecular weight is 612 g/mol. The molecule has 39 heavy (non-hydrogen) atoms. The summed E-state index contributed by atoms with van der Waals surface area (Å²) in [6, 6.07) is 11.2. The van der Waals surface area contributed by atoms with Crippen LogP contribution in [0.5, 0.6) is 5.75 Å². The first-order valence-corrected chi connectivity index (χ1v) is 14.7. The molecular formula is C22H17F3N3NaO7S3. The molecule has 0 aliphatic carbocycles. The van der Waals surface area contributed by atoms with E-state index < -0.39 is 64.8 Å². The van der Waals surface area contributed by atoms with Crippen molar-refractivity contribution in [2.24, 2.45) is 0 Å². The van der Waals surface area contributed by atoms with Crippen molar-refractivity contribution in [2.45, 2.75) is 33.8 Å². The van der Waals surface area contributed by atoms with E-state index in [2.05, 4.69) is 9.97 Å². The van der Waals surface area contributed by atoms with Crippen molar-refractivity contribution >= 4 is 42.4 Å². The van der Waals surface area contributed by atoms with Crippen molar-refractivity contribution in [3.8, 4) is 5.75 Å². The van der Waals surface area contributed by atoms with Crippen molar-refractivity contribution in [1.82, 2.24) is 13.9 Å². The van der Waals surface area contributed by atoms with Crippen LogP contribution in [0.4, 0.5) is 13.2 Å². The van der Waals surface area contributed by atoms with E-state index in [4.69, 9.17) is 4.74 Å². The van der Waals surface area contributed by atoms with E-state index in [0.717, 1.165) is 18.3 Å². The van der Waals surface area contributed by atoms with Crippen LogP contribution < -0.4 is 34.3 Å². The molecule has 1 unspecified atom stereocenters. The largest absolute Gasteiger partial charge is 1.00 e. The Morgan fingerprint density at radius 2 is 1.62 bits per heavy atom. The number of fused-ring (bicyclic) bond motifs is 1. The predicted molar refractivity (Wildman–Crippen MR) is 127 cm³/mol. The second-order valence-corrected chi connectivity index (χ2v) is 12.3. The molecule has 0 amide bonds. The molecule has 0 saturated carbocycles. The first-order chi connectivity index (χ1) is 17.7. The normalized spacial score (nSPS) is 13.2. The fourth-order valence-corrected chi connectivity index (χ4v) is 7.84. The van der Waals surface area contributed by atoms with Gasteiger partial charge in [-0.1, -0.05) is 24.3 Å². The zero-order valence-corrected chi connectivity index (χ0v) is 24.7. The van der Waals surface area contributed by atoms with Gasteiger partial charge in [0.15, 0.2) is 12.4 Å². The molecule has 17 heteroatoms. The van der Waals surface area contributed by atoms with E-state index in [1.807, 2.05) is 0 Å². The molecule has 0 aliphatic rings. The number of pyridine rings is 1. The summed E-state index contributed by atoms with van der Waals surface area (Å²) < 4.78 is 119. The van der Waals surface area contributed by atoms with Gasteiger partial charge in [-0.2, -0.15) is 22.1 Å². The van der Waals surface area contributed by atoms with E-state index >= 15 is 0 Å². The number of rotatable bonds is 8. The molecule has 0 fully saturated rings. The van der Waals surface area contributed by atoms with E-state index in [9.17, 15) is 39.1 Å². The number of benzene rings is 2. The molecule has 0 N–H and O–H groups in total. The second kappa shape index (κ2) is 11.7. The van der Waals surface area contributed by atoms with Gasteiger partial charge in [-0.05, 0) is 37.3 Å². The maximum absolute atomic E-state index is 13.7. The van der Waals surface area contributed by atoms with Crippen LogP contribution in [-0.2, 0) is 37.1 Å². The predicted octanol–water partition coefficient (Wildman–Crippen LogP) is 0.134. The fourth-order valence-electron chi connectivity index (χ4n) is 3.53. The topological polar surface area (TPSA) is 154 Å². The molecule has 2 heterocycles. The SMILES string of the molecule is Cc1c(OCC(F)(F)F)ccnc1C[S+]([O-])c1nc2ccccc2n1S(=O)(=O)c1ccccc1S(=O)(=O)[O-].[Na+]. The molecule has 0 spiro atoms. The first kappa shape index (κ1) is 31.3. The minimum atomic E-state index is -5.21. The molecule has 4 rings (SSSR count). The Hall–Kier alpha value is -2.18. The quantitative estimate of drug-likeness (QED) is 0.154. The number of ether oxygens (including phenoxy) is 1. The molecule has 0 saturated heterocycles. The first-order valence-electron chi connectivity index (χ1n) is 10.5. The van der Waals surface area contributed by atoms with Crippen molar-refractivity contribution in [3.05, 3.63) is 72.1 Å². The molecule has 2 aromatic carbocycles. The van der Waals surface area contributed by atoms with Crippen LogP contribution >= 0.6 is 0 Å². The van der Waals surface area contributed by atoms with E-state index in [1.54, 1.807) is 6.07 Å². The van der Waals surface area contributed by atoms with Gasteiger partial charge in [0.25, 0.3) is 10.0 Å². The Labute approximate surface area is 246 Å². The molecule has 2 aromatic heterocycles. The summed E-state index contributed by atoms with van der Waals surface area (Å²) in [4.78, 5) is 6.36. The fraction of sp³-hybridized carbons (Fsp3) is 0.182. The second-order valence-electron chi connectivity index (χ2n) is 7.83. The standard InChI is InChI=1S/C22H18F3N3O7S3.Na/c1-14-16(26-11-10-18(14)35-13-22(23,24)25)12-36(29)21-27-15-6-2-3-7-17(15)28(21)37(30,31)19-8-4-5-9-20(19)38(32,33)34;/h2-11H,12-13H2,1H3,(H,32,33,34);/q;+1/p-1. The van der Waals surface area contributed by atoms with Gasteiger partial charge in [0.05, 0.1) is 21.6 Å². The molecule has 4 aromatic rings. The van der Waals surface area contributed by atoms with Gasteiger partial charge in [0.2, 0.25) is 0 Å². The summed E-state index contributed by atoms with van der Waals surface area (Å²) in [5.74, 6) is -0.616. The number of alkyl halides is 3. The van der Waals surface area contributed by atoms with Crippen molar-refractivity contribution < 1.29 is 73.4 Å². The number of nitrogens with zero attached hydrogens (tertiary/aromatic N) is 3. The maximum Gasteiger partial charge on any atom is 1.00 e. The van der Waals surface area contributed by atoms with E-state index in [1.165, 1.54) is 43.3 Å². The summed E-state index contributed by atoms with van der Waals surface area (Å²) in [6.45, 7) is -0.156. The molecule has 0 bridgehead atoms. The number of para-hydroxylation sites is 2. The van der Waals surface area contributed by atoms with Crippen molar-refractivity contribution in [1.29, 1.82) is 0 Å². The van der Waals surface area contributed by atoms with Crippen LogP contribution in [-0.4, -0.2) is 52.7 Å². The number of imidazole rings is 1. The summed E-state index contributed by atoms with van der Waals surface area (Å²) in [7, 11) is -10.0. The van der Waals surface area contributed by atoms with Gasteiger partial charge in [-0.3, -0.25) is 4.98 Å². The van der Waals surface area contributed by atoms with Crippen LogP contribution in [0.1, 0.15) is 11.3 Å². The molecular weight excluding hydrogens is 594 g/mol. The Kier molecular flexibility index (Phi) is 9.44. The smallest absolute Gasteiger partial charge is 0.744 e. The van der Waals surface area contributed by atoms with Gasteiger partial charge in [0, 0.05) is 22.9 Å². The summed E-state index contributed by atoms with van der Waals surface area (Å²) in [6.07, 6.45) is -3.44. The van der Waals surface area contributed by atoms with Crippen LogP contribution in [0.3, 0.4) is 0 Å². The zero-order chi connectivity index (χ0) is 27.9. The maximum atomic E-state index is 13.7. The number of aromatic nitrogens is 3. The molecule has 1 atom stereocenters. The van der Waals surface area contributed by atoms with Crippen LogP contribution in [0, 0.1) is 6.92 Å². The Morgan fingerprint density at radius 1 is 1.00 bits per heavy atom. The minimum absolute atomic E-state index is 0. The number of halogens is 3. The molecule has 202 valence electrons. The van der Waals surface area contributed by atoms with Crippen LogP contribution in [0.2, 0.25) is 0 Å². The van der Waals surface area contributed by atoms with E-state index in [0.29, 0.717) is 3.97 Å². The molecule has 10 nitrogen and oxygen atoms in total. The third kappa shape index (κ3) is 6.77. The van der Waals surface area contributed by atoms with Crippen LogP contribution in [0.15, 0.2) is 75.7 Å². The monoisotopic (exact) mass is 611 g/mol. The summed E-state index contributed by atoms with van der Waals surface area (Å²) >= 11 is -2.26. The third-order valence-corrected chi connectivity index (χ3v) is 9.37. The minimum Gasteiger partial charge on any atom is -0.744 e. The Balaban J connectivity index is 0.00000420. The van der Waals surface area contributed by atoms with Gasteiger partial charge < -0.3 is 13.8 Å². The average Bonchev–Trinajstić information content (AvgIpc) is 3.24. The van der Waals surface area contributed by atoms with Crippen LogP contribution in [0.25, 0.3) is 11.0 Å². The zero-order valence-electron chi connectivity index (χ0n) is 20.2. The van der Waals surface area contributed by atoms with Crippen molar-refractivity contribution in [3.63, 3.8) is 0 Å². The van der Waals surface area contributed by atoms with Gasteiger partial charge in [0.1, 0.15) is 20.8 Å². The van der Waals surface area contributed by atoms with E-state index in [-0.39, 0.29) is 57.6 Å².